The number of rotatable bonds is 6. The van der Waals surface area contributed by atoms with Crippen molar-refractivity contribution in [2.24, 2.45) is 5.92 Å². The van der Waals surface area contributed by atoms with Gasteiger partial charge >= 0.3 is 12.2 Å². The predicted molar refractivity (Wildman–Crippen MR) is 90.8 cm³/mol. The molecule has 2 unspecified atom stereocenters. The summed E-state index contributed by atoms with van der Waals surface area (Å²) in [5.74, 6) is -0.478. The van der Waals surface area contributed by atoms with Gasteiger partial charge in [0.15, 0.2) is 0 Å². The molecule has 2 rings (SSSR count). The number of carbonyl (C=O) groups excluding carboxylic acids is 3. The first kappa shape index (κ1) is 21.4. The van der Waals surface area contributed by atoms with E-state index >= 15 is 0 Å². The van der Waals surface area contributed by atoms with Crippen molar-refractivity contribution in [3.63, 3.8) is 0 Å². The van der Waals surface area contributed by atoms with Crippen LogP contribution in [-0.2, 0) is 9.59 Å². The number of imide groups is 1. The normalized spacial score (nSPS) is 23.7. The van der Waals surface area contributed by atoms with Gasteiger partial charge in [0.2, 0.25) is 11.8 Å². The maximum Gasteiger partial charge on any atom is 0.405 e. The smallest absolute Gasteiger partial charge is 0.354 e. The van der Waals surface area contributed by atoms with Crippen molar-refractivity contribution in [2.45, 2.75) is 37.9 Å². The Hall–Kier alpha value is -1.88. The van der Waals surface area contributed by atoms with E-state index < -0.39 is 24.7 Å². The van der Waals surface area contributed by atoms with Crippen LogP contribution < -0.4 is 21.3 Å². The molecule has 2 atom stereocenters. The minimum absolute atomic E-state index is 0.0105. The van der Waals surface area contributed by atoms with Crippen molar-refractivity contribution in [1.82, 2.24) is 26.2 Å². The van der Waals surface area contributed by atoms with Gasteiger partial charge in [-0.15, -0.1) is 0 Å². The molecular weight excluding hydrogens is 367 g/mol. The van der Waals surface area contributed by atoms with Gasteiger partial charge in [0.1, 0.15) is 6.54 Å². The number of hydrogen-bond donors (Lipinski definition) is 4. The van der Waals surface area contributed by atoms with Gasteiger partial charge in [0, 0.05) is 13.1 Å². The van der Waals surface area contributed by atoms with E-state index in [2.05, 4.69) is 10.6 Å². The number of nitrogens with zero attached hydrogens (tertiary/aromatic N) is 1. The summed E-state index contributed by atoms with van der Waals surface area (Å²) in [6.07, 6.45) is -0.947. The molecule has 11 heteroatoms. The van der Waals surface area contributed by atoms with E-state index in [1.807, 2.05) is 10.2 Å². The third-order valence-electron chi connectivity index (χ3n) is 4.61. The Bertz CT molecular complexity index is 538. The fourth-order valence-corrected chi connectivity index (χ4v) is 3.33. The van der Waals surface area contributed by atoms with E-state index in [0.717, 1.165) is 32.2 Å². The predicted octanol–water partition coefficient (Wildman–Crippen LogP) is -0.0453. The summed E-state index contributed by atoms with van der Waals surface area (Å²) < 4.78 is 36.1. The van der Waals surface area contributed by atoms with E-state index in [9.17, 15) is 27.6 Å². The topological polar surface area (TPSA) is 103 Å². The Morgan fingerprint density at radius 3 is 2.56 bits per heavy atom. The van der Waals surface area contributed by atoms with Gasteiger partial charge in [0.25, 0.3) is 0 Å². The molecule has 0 aliphatic carbocycles. The average molecular weight is 393 g/mol. The van der Waals surface area contributed by atoms with Crippen LogP contribution >= 0.6 is 0 Å². The van der Waals surface area contributed by atoms with Crippen LogP contribution in [0, 0.1) is 5.92 Å². The van der Waals surface area contributed by atoms with E-state index in [-0.39, 0.29) is 24.4 Å². The van der Waals surface area contributed by atoms with Gasteiger partial charge in [-0.25, -0.2) is 4.79 Å². The van der Waals surface area contributed by atoms with Gasteiger partial charge in [-0.3, -0.25) is 19.8 Å². The Kier molecular flexibility index (Phi) is 7.84. The van der Waals surface area contributed by atoms with Crippen LogP contribution in [0.5, 0.6) is 0 Å². The lowest BCUT2D eigenvalue weighted by Gasteiger charge is -2.32. The van der Waals surface area contributed by atoms with Crippen molar-refractivity contribution < 1.29 is 27.6 Å². The van der Waals surface area contributed by atoms with Crippen LogP contribution in [0.4, 0.5) is 18.0 Å². The van der Waals surface area contributed by atoms with Crippen molar-refractivity contribution in [3.8, 4) is 0 Å². The third-order valence-corrected chi connectivity index (χ3v) is 4.61. The maximum absolute atomic E-state index is 12.0. The van der Waals surface area contributed by atoms with Crippen molar-refractivity contribution in [3.05, 3.63) is 0 Å². The van der Waals surface area contributed by atoms with Crippen molar-refractivity contribution in [2.75, 3.05) is 39.3 Å². The standard InChI is InChI=1S/C16H26F3N5O3/c17-16(18,19)10-22-15(27)23-13(25)9-24-6-2-3-11(8-24)7-21-14(26)12-4-1-5-20-12/h11-12,20H,1-10H2,(H,21,26)(H2,22,23,25,27). The van der Waals surface area contributed by atoms with E-state index in [1.54, 1.807) is 5.32 Å². The number of nitrogens with one attached hydrogen (secondary N) is 4. The van der Waals surface area contributed by atoms with Crippen molar-refractivity contribution in [1.29, 1.82) is 0 Å². The van der Waals surface area contributed by atoms with Crippen LogP contribution in [0.25, 0.3) is 0 Å². The molecule has 8 nitrogen and oxygen atoms in total. The first-order valence-corrected chi connectivity index (χ1v) is 9.11. The molecule has 2 fully saturated rings. The molecule has 4 N–H and O–H groups in total. The van der Waals surface area contributed by atoms with Gasteiger partial charge in [0.05, 0.1) is 12.6 Å². The van der Waals surface area contributed by atoms with Crippen LogP contribution in [-0.4, -0.2) is 74.2 Å². The lowest BCUT2D eigenvalue weighted by atomic mass is 9.98. The molecule has 27 heavy (non-hydrogen) atoms. The van der Waals surface area contributed by atoms with Crippen LogP contribution in [0.1, 0.15) is 25.7 Å². The molecule has 0 aromatic rings. The second-order valence-corrected chi connectivity index (χ2v) is 6.98. The Morgan fingerprint density at radius 2 is 1.89 bits per heavy atom. The third kappa shape index (κ3) is 8.12. The Labute approximate surface area is 155 Å². The monoisotopic (exact) mass is 393 g/mol. The maximum atomic E-state index is 12.0. The van der Waals surface area contributed by atoms with Crippen LogP contribution in [0.3, 0.4) is 0 Å². The van der Waals surface area contributed by atoms with E-state index in [4.69, 9.17) is 0 Å². The number of likely N-dealkylation sites (tertiary alicyclic amines) is 1. The molecule has 0 aromatic heterocycles. The molecule has 0 saturated carbocycles. The lowest BCUT2D eigenvalue weighted by Crippen LogP contribution is -2.49. The number of hydrogen-bond acceptors (Lipinski definition) is 5. The number of halogens is 3. The molecular formula is C16H26F3N5O3. The summed E-state index contributed by atoms with van der Waals surface area (Å²) in [6.45, 7) is 1.03. The Balaban J connectivity index is 1.66. The highest BCUT2D eigenvalue weighted by atomic mass is 19.4. The highest BCUT2D eigenvalue weighted by Crippen LogP contribution is 2.16. The van der Waals surface area contributed by atoms with Gasteiger partial charge in [-0.1, -0.05) is 0 Å². The molecule has 0 radical (unpaired) electrons. The van der Waals surface area contributed by atoms with Gasteiger partial charge in [-0.2, -0.15) is 13.2 Å². The molecule has 4 amide bonds. The average Bonchev–Trinajstić information content (AvgIpc) is 3.12. The highest BCUT2D eigenvalue weighted by Gasteiger charge is 2.28. The first-order chi connectivity index (χ1) is 12.7. The summed E-state index contributed by atoms with van der Waals surface area (Å²) in [7, 11) is 0. The largest absolute Gasteiger partial charge is 0.405 e. The van der Waals surface area contributed by atoms with E-state index in [0.29, 0.717) is 19.6 Å². The zero-order valence-corrected chi connectivity index (χ0v) is 15.0. The zero-order valence-electron chi connectivity index (χ0n) is 15.0. The lowest BCUT2D eigenvalue weighted by molar-refractivity contribution is -0.125. The summed E-state index contributed by atoms with van der Waals surface area (Å²) in [5, 5.41) is 9.55. The molecule has 2 heterocycles. The molecule has 2 saturated heterocycles. The number of piperidine rings is 1. The quantitative estimate of drug-likeness (QED) is 0.507. The fourth-order valence-electron chi connectivity index (χ4n) is 3.33. The minimum atomic E-state index is -4.53. The highest BCUT2D eigenvalue weighted by molar-refractivity contribution is 5.95. The Morgan fingerprint density at radius 1 is 1.11 bits per heavy atom. The molecule has 2 aliphatic rings. The second kappa shape index (κ2) is 9.88. The van der Waals surface area contributed by atoms with E-state index in [1.165, 1.54) is 0 Å². The molecule has 0 bridgehead atoms. The number of urea groups is 1. The fraction of sp³-hybridized carbons (Fsp3) is 0.812. The van der Waals surface area contributed by atoms with Crippen LogP contribution in [0.15, 0.2) is 0 Å². The molecule has 0 aromatic carbocycles. The summed E-state index contributed by atoms with van der Waals surface area (Å²) >= 11 is 0. The number of alkyl halides is 3. The first-order valence-electron chi connectivity index (χ1n) is 9.11. The molecule has 2 aliphatic heterocycles. The zero-order chi connectivity index (χ0) is 19.9. The van der Waals surface area contributed by atoms with Crippen LogP contribution in [0.2, 0.25) is 0 Å². The molecule has 154 valence electrons. The number of carbonyl (C=O) groups is 3. The SMILES string of the molecule is O=C(CN1CCCC(CNC(=O)C2CCCN2)C1)NC(=O)NCC(F)(F)F. The summed E-state index contributed by atoms with van der Waals surface area (Å²) in [6, 6.07) is -1.30. The molecule has 0 spiro atoms. The summed E-state index contributed by atoms with van der Waals surface area (Å²) in [5.41, 5.74) is 0. The second-order valence-electron chi connectivity index (χ2n) is 6.98. The van der Waals surface area contributed by atoms with Gasteiger partial charge < -0.3 is 16.0 Å². The van der Waals surface area contributed by atoms with Crippen molar-refractivity contribution >= 4 is 17.8 Å². The summed E-state index contributed by atoms with van der Waals surface area (Å²) in [4.78, 5) is 37.0. The van der Waals surface area contributed by atoms with Gasteiger partial charge in [-0.05, 0) is 44.7 Å². The minimum Gasteiger partial charge on any atom is -0.354 e. The number of amides is 4.